The minimum atomic E-state index is 0.192. The van der Waals surface area contributed by atoms with Gasteiger partial charge in [0.15, 0.2) is 0 Å². The van der Waals surface area contributed by atoms with Crippen LogP contribution in [-0.4, -0.2) is 62.9 Å². The Hall–Kier alpha value is -0.650. The van der Waals surface area contributed by atoms with Crippen LogP contribution in [0, 0.1) is 5.92 Å². The van der Waals surface area contributed by atoms with Crippen LogP contribution in [0.25, 0.3) is 0 Å². The van der Waals surface area contributed by atoms with E-state index >= 15 is 0 Å². The summed E-state index contributed by atoms with van der Waals surface area (Å²) in [5, 5.41) is 3.36. The normalized spacial score (nSPS) is 23.9. The van der Waals surface area contributed by atoms with E-state index in [1.807, 2.05) is 4.90 Å². The molecule has 2 heterocycles. The molecule has 0 aliphatic carbocycles. The quantitative estimate of drug-likeness (QED) is 0.783. The van der Waals surface area contributed by atoms with Crippen LogP contribution in [0.2, 0.25) is 0 Å². The number of carbonyl (C=O) groups is 1. The van der Waals surface area contributed by atoms with Crippen molar-refractivity contribution in [3.8, 4) is 0 Å². The lowest BCUT2D eigenvalue weighted by molar-refractivity contribution is -0.134. The van der Waals surface area contributed by atoms with E-state index < -0.39 is 0 Å². The lowest BCUT2D eigenvalue weighted by atomic mass is 9.93. The number of amides is 1. The zero-order chi connectivity index (χ0) is 12.8. The van der Waals surface area contributed by atoms with Crippen molar-refractivity contribution in [2.75, 3.05) is 46.1 Å². The van der Waals surface area contributed by atoms with Crippen molar-refractivity contribution >= 4 is 5.91 Å². The summed E-state index contributed by atoms with van der Waals surface area (Å²) in [6.45, 7) is 7.12. The van der Waals surface area contributed by atoms with Gasteiger partial charge < -0.3 is 19.7 Å². The number of hydrogen-bond donors (Lipinski definition) is 1. The van der Waals surface area contributed by atoms with Crippen LogP contribution >= 0.6 is 0 Å². The number of ether oxygens (including phenoxy) is 2. The van der Waals surface area contributed by atoms with Crippen LogP contribution < -0.4 is 5.32 Å². The third kappa shape index (κ3) is 3.93. The minimum Gasteiger partial charge on any atom is -0.381 e. The highest BCUT2D eigenvalue weighted by Crippen LogP contribution is 2.18. The Labute approximate surface area is 109 Å². The molecule has 0 aromatic carbocycles. The first-order chi connectivity index (χ1) is 8.77. The molecule has 5 nitrogen and oxygen atoms in total. The number of morpholine rings is 1. The van der Waals surface area contributed by atoms with Crippen LogP contribution in [0.15, 0.2) is 0 Å². The molecule has 1 amide bonds. The molecule has 0 unspecified atom stereocenters. The number of hydrogen-bond acceptors (Lipinski definition) is 4. The highest BCUT2D eigenvalue weighted by molar-refractivity contribution is 5.78. The van der Waals surface area contributed by atoms with Gasteiger partial charge in [-0.1, -0.05) is 0 Å². The second-order valence-electron chi connectivity index (χ2n) is 5.11. The van der Waals surface area contributed by atoms with Crippen molar-refractivity contribution < 1.29 is 14.3 Å². The van der Waals surface area contributed by atoms with Crippen molar-refractivity contribution in [1.29, 1.82) is 0 Å². The monoisotopic (exact) mass is 256 g/mol. The highest BCUT2D eigenvalue weighted by Gasteiger charge is 2.22. The molecular weight excluding hydrogens is 232 g/mol. The molecule has 2 rings (SSSR count). The molecule has 0 aromatic rings. The maximum absolute atomic E-state index is 12.0. The Morgan fingerprint density at radius 1 is 1.22 bits per heavy atom. The van der Waals surface area contributed by atoms with Gasteiger partial charge in [0.25, 0.3) is 0 Å². The van der Waals surface area contributed by atoms with E-state index in [1.165, 1.54) is 0 Å². The molecule has 18 heavy (non-hydrogen) atoms. The average Bonchev–Trinajstić information content (AvgIpc) is 2.46. The number of carbonyl (C=O) groups excluding carboxylic acids is 1. The van der Waals surface area contributed by atoms with Crippen LogP contribution in [0.4, 0.5) is 0 Å². The summed E-state index contributed by atoms with van der Waals surface area (Å²) < 4.78 is 10.6. The van der Waals surface area contributed by atoms with Crippen molar-refractivity contribution in [3.05, 3.63) is 0 Å². The lowest BCUT2D eigenvalue weighted by Crippen LogP contribution is -2.47. The van der Waals surface area contributed by atoms with Crippen LogP contribution in [0.5, 0.6) is 0 Å². The van der Waals surface area contributed by atoms with E-state index in [9.17, 15) is 4.79 Å². The summed E-state index contributed by atoms with van der Waals surface area (Å²) in [6, 6.07) is 0.388. The van der Waals surface area contributed by atoms with Crippen LogP contribution in [0.1, 0.15) is 19.8 Å². The molecule has 104 valence electrons. The number of rotatable bonds is 4. The minimum absolute atomic E-state index is 0.192. The van der Waals surface area contributed by atoms with Crippen molar-refractivity contribution in [2.24, 2.45) is 5.92 Å². The molecule has 0 spiro atoms. The summed E-state index contributed by atoms with van der Waals surface area (Å²) in [4.78, 5) is 13.9. The fourth-order valence-corrected chi connectivity index (χ4v) is 2.56. The molecule has 1 atom stereocenters. The maximum atomic E-state index is 12.0. The molecule has 2 saturated heterocycles. The number of nitrogens with one attached hydrogen (secondary N) is 1. The third-order valence-electron chi connectivity index (χ3n) is 3.91. The van der Waals surface area contributed by atoms with Crippen molar-refractivity contribution in [2.45, 2.75) is 25.8 Å². The smallest absolute Gasteiger partial charge is 0.236 e. The molecule has 0 bridgehead atoms. The average molecular weight is 256 g/mol. The molecule has 5 heteroatoms. The molecule has 2 aliphatic heterocycles. The highest BCUT2D eigenvalue weighted by atomic mass is 16.5. The van der Waals surface area contributed by atoms with E-state index in [4.69, 9.17) is 9.47 Å². The first-order valence-corrected chi connectivity index (χ1v) is 6.94. The van der Waals surface area contributed by atoms with Crippen LogP contribution in [-0.2, 0) is 14.3 Å². The summed E-state index contributed by atoms with van der Waals surface area (Å²) in [6.07, 6.45) is 2.19. The Balaban J connectivity index is 1.67. The van der Waals surface area contributed by atoms with E-state index in [0.29, 0.717) is 31.7 Å². The Morgan fingerprint density at radius 3 is 2.50 bits per heavy atom. The van der Waals surface area contributed by atoms with E-state index in [0.717, 1.165) is 39.1 Å². The summed E-state index contributed by atoms with van der Waals surface area (Å²) in [5.74, 6) is 0.827. The molecule has 0 aromatic heterocycles. The van der Waals surface area contributed by atoms with Gasteiger partial charge in [-0.05, 0) is 25.7 Å². The lowest BCUT2D eigenvalue weighted by Gasteiger charge is -2.30. The molecule has 2 aliphatic rings. The first kappa shape index (κ1) is 13.8. The van der Waals surface area contributed by atoms with Gasteiger partial charge in [-0.15, -0.1) is 0 Å². The zero-order valence-electron chi connectivity index (χ0n) is 11.2. The van der Waals surface area contributed by atoms with Crippen molar-refractivity contribution in [3.63, 3.8) is 0 Å². The molecule has 0 saturated carbocycles. The zero-order valence-corrected chi connectivity index (χ0v) is 11.2. The van der Waals surface area contributed by atoms with Gasteiger partial charge in [-0.3, -0.25) is 4.79 Å². The second-order valence-corrected chi connectivity index (χ2v) is 5.11. The fourth-order valence-electron chi connectivity index (χ4n) is 2.56. The molecule has 0 radical (unpaired) electrons. The SMILES string of the molecule is C[C@@H](NCC(=O)N1CCOCC1)C1CCOCC1. The predicted molar refractivity (Wildman–Crippen MR) is 68.4 cm³/mol. The van der Waals surface area contributed by atoms with Gasteiger partial charge in [0, 0.05) is 32.3 Å². The Kier molecular flexibility index (Phi) is 5.41. The fraction of sp³-hybridized carbons (Fsp3) is 0.923. The van der Waals surface area contributed by atoms with Gasteiger partial charge in [0.2, 0.25) is 5.91 Å². The summed E-state index contributed by atoms with van der Waals surface area (Å²) in [5.41, 5.74) is 0. The van der Waals surface area contributed by atoms with Gasteiger partial charge >= 0.3 is 0 Å². The van der Waals surface area contributed by atoms with E-state index in [-0.39, 0.29) is 5.91 Å². The van der Waals surface area contributed by atoms with E-state index in [2.05, 4.69) is 12.2 Å². The number of nitrogens with zero attached hydrogens (tertiary/aromatic N) is 1. The predicted octanol–water partition coefficient (Wildman–Crippen LogP) is 0.250. The molecular formula is C13H24N2O3. The molecule has 2 fully saturated rings. The van der Waals surface area contributed by atoms with Gasteiger partial charge in [-0.2, -0.15) is 0 Å². The van der Waals surface area contributed by atoms with E-state index in [1.54, 1.807) is 0 Å². The Morgan fingerprint density at radius 2 is 1.83 bits per heavy atom. The first-order valence-electron chi connectivity index (χ1n) is 6.94. The summed E-state index contributed by atoms with van der Waals surface area (Å²) in [7, 11) is 0. The summed E-state index contributed by atoms with van der Waals surface area (Å²) >= 11 is 0. The standard InChI is InChI=1S/C13H24N2O3/c1-11(12-2-6-17-7-3-12)14-10-13(16)15-4-8-18-9-5-15/h11-12,14H,2-10H2,1H3/t11-/m1/s1. The van der Waals surface area contributed by atoms with Gasteiger partial charge in [0.1, 0.15) is 0 Å². The van der Waals surface area contributed by atoms with Crippen molar-refractivity contribution in [1.82, 2.24) is 10.2 Å². The topological polar surface area (TPSA) is 50.8 Å². The maximum Gasteiger partial charge on any atom is 0.236 e. The Bertz CT molecular complexity index is 261. The van der Waals surface area contributed by atoms with Gasteiger partial charge in [0.05, 0.1) is 19.8 Å². The largest absolute Gasteiger partial charge is 0.381 e. The molecule has 1 N–H and O–H groups in total. The second kappa shape index (κ2) is 7.07. The third-order valence-corrected chi connectivity index (χ3v) is 3.91. The van der Waals surface area contributed by atoms with Gasteiger partial charge in [-0.25, -0.2) is 0 Å². The van der Waals surface area contributed by atoms with Crippen LogP contribution in [0.3, 0.4) is 0 Å².